The lowest BCUT2D eigenvalue weighted by Gasteiger charge is -2.23. The molecule has 0 heterocycles. The average molecular weight is 332 g/mol. The number of anilines is 1. The van der Waals surface area contributed by atoms with Crippen molar-refractivity contribution < 1.29 is 19.1 Å². The predicted molar refractivity (Wildman–Crippen MR) is 90.7 cm³/mol. The molecular weight excluding hydrogens is 308 g/mol. The van der Waals surface area contributed by atoms with E-state index in [1.54, 1.807) is 18.2 Å². The molecule has 1 aromatic carbocycles. The molecule has 0 saturated heterocycles. The number of ether oxygens (including phenoxy) is 1. The number of hydrogen-bond acceptors (Lipinski definition) is 4. The zero-order valence-electron chi connectivity index (χ0n) is 14.3. The Hall–Kier alpha value is -2.37. The van der Waals surface area contributed by atoms with Crippen LogP contribution in [0.2, 0.25) is 0 Å². The fourth-order valence-corrected chi connectivity index (χ4v) is 3.12. The molecule has 2 amide bonds. The van der Waals surface area contributed by atoms with Crippen molar-refractivity contribution in [2.24, 2.45) is 5.92 Å². The second-order valence-corrected chi connectivity index (χ2v) is 6.23. The normalized spacial score (nSPS) is 15.6. The van der Waals surface area contributed by atoms with Gasteiger partial charge in [0.1, 0.15) is 6.04 Å². The van der Waals surface area contributed by atoms with Gasteiger partial charge < -0.3 is 15.4 Å². The lowest BCUT2D eigenvalue weighted by atomic mass is 9.97. The Morgan fingerprint density at radius 1 is 1.21 bits per heavy atom. The summed E-state index contributed by atoms with van der Waals surface area (Å²) in [5.74, 6) is -0.776. The third kappa shape index (κ3) is 4.34. The molecule has 6 nitrogen and oxygen atoms in total. The number of methoxy groups -OCH3 is 1. The first-order valence-corrected chi connectivity index (χ1v) is 8.19. The quantitative estimate of drug-likeness (QED) is 0.811. The number of hydrogen-bond donors (Lipinski definition) is 2. The van der Waals surface area contributed by atoms with Crippen molar-refractivity contribution >= 4 is 23.5 Å². The number of nitrogens with one attached hydrogen (secondary N) is 2. The molecule has 0 aliphatic heterocycles. The number of amides is 2. The summed E-state index contributed by atoms with van der Waals surface area (Å²) in [4.78, 5) is 35.8. The highest BCUT2D eigenvalue weighted by molar-refractivity contribution is 5.99. The molecule has 0 bridgehead atoms. The summed E-state index contributed by atoms with van der Waals surface area (Å²) in [5.41, 5.74) is 1.76. The van der Waals surface area contributed by atoms with Gasteiger partial charge in [-0.15, -0.1) is 0 Å². The standard InChI is InChI=1S/C18H24N2O4/c1-11-8-9-14(18(23)24-3)10-15(11)20-17(22)16(19-12(2)21)13-6-4-5-7-13/h8-10,13,16H,4-7H2,1-3H3,(H,19,21)(H,20,22). The van der Waals surface area contributed by atoms with Gasteiger partial charge in [0, 0.05) is 12.6 Å². The van der Waals surface area contributed by atoms with Gasteiger partial charge in [-0.2, -0.15) is 0 Å². The van der Waals surface area contributed by atoms with Gasteiger partial charge in [0.05, 0.1) is 12.7 Å². The lowest BCUT2D eigenvalue weighted by molar-refractivity contribution is -0.126. The molecule has 0 radical (unpaired) electrons. The fourth-order valence-electron chi connectivity index (χ4n) is 3.12. The minimum Gasteiger partial charge on any atom is -0.465 e. The Labute approximate surface area is 142 Å². The average Bonchev–Trinajstić information content (AvgIpc) is 3.07. The van der Waals surface area contributed by atoms with Gasteiger partial charge in [-0.25, -0.2) is 4.79 Å². The van der Waals surface area contributed by atoms with Crippen molar-refractivity contribution in [1.29, 1.82) is 0 Å². The summed E-state index contributed by atoms with van der Waals surface area (Å²) in [6.45, 7) is 3.26. The van der Waals surface area contributed by atoms with Crippen LogP contribution in [0.25, 0.3) is 0 Å². The van der Waals surface area contributed by atoms with Crippen molar-refractivity contribution in [2.45, 2.75) is 45.6 Å². The number of benzene rings is 1. The van der Waals surface area contributed by atoms with Crippen LogP contribution in [0.3, 0.4) is 0 Å². The van der Waals surface area contributed by atoms with Crippen molar-refractivity contribution in [2.75, 3.05) is 12.4 Å². The molecule has 1 saturated carbocycles. The molecule has 1 fully saturated rings. The van der Waals surface area contributed by atoms with Crippen LogP contribution < -0.4 is 10.6 Å². The maximum Gasteiger partial charge on any atom is 0.337 e. The summed E-state index contributed by atoms with van der Waals surface area (Å²) in [6, 6.07) is 4.45. The summed E-state index contributed by atoms with van der Waals surface area (Å²) in [5, 5.41) is 5.62. The van der Waals surface area contributed by atoms with Crippen LogP contribution in [0.5, 0.6) is 0 Å². The highest BCUT2D eigenvalue weighted by Gasteiger charge is 2.31. The maximum atomic E-state index is 12.7. The van der Waals surface area contributed by atoms with Gasteiger partial charge >= 0.3 is 5.97 Å². The van der Waals surface area contributed by atoms with E-state index in [2.05, 4.69) is 10.6 Å². The van der Waals surface area contributed by atoms with Gasteiger partial charge in [-0.3, -0.25) is 9.59 Å². The molecule has 1 atom stereocenters. The van der Waals surface area contributed by atoms with E-state index in [-0.39, 0.29) is 17.7 Å². The lowest BCUT2D eigenvalue weighted by Crippen LogP contribution is -2.47. The van der Waals surface area contributed by atoms with Crippen molar-refractivity contribution in [3.05, 3.63) is 29.3 Å². The zero-order chi connectivity index (χ0) is 17.7. The summed E-state index contributed by atoms with van der Waals surface area (Å²) < 4.78 is 4.71. The third-order valence-corrected chi connectivity index (χ3v) is 4.43. The Balaban J connectivity index is 2.19. The SMILES string of the molecule is COC(=O)c1ccc(C)c(NC(=O)C(NC(C)=O)C2CCCC2)c1. The number of rotatable bonds is 5. The molecule has 2 rings (SSSR count). The first-order valence-electron chi connectivity index (χ1n) is 8.19. The van der Waals surface area contributed by atoms with E-state index < -0.39 is 12.0 Å². The molecule has 1 aliphatic rings. The van der Waals surface area contributed by atoms with Crippen molar-refractivity contribution in [3.63, 3.8) is 0 Å². The smallest absolute Gasteiger partial charge is 0.337 e. The molecular formula is C18H24N2O4. The molecule has 0 spiro atoms. The van der Waals surface area contributed by atoms with E-state index in [4.69, 9.17) is 4.74 Å². The van der Waals surface area contributed by atoms with E-state index in [0.29, 0.717) is 11.3 Å². The van der Waals surface area contributed by atoms with Gasteiger partial charge in [-0.1, -0.05) is 18.9 Å². The van der Waals surface area contributed by atoms with Gasteiger partial charge in [0.2, 0.25) is 11.8 Å². The highest BCUT2D eigenvalue weighted by atomic mass is 16.5. The number of esters is 1. The van der Waals surface area contributed by atoms with Crippen LogP contribution in [0.4, 0.5) is 5.69 Å². The molecule has 1 aliphatic carbocycles. The van der Waals surface area contributed by atoms with Crippen LogP contribution in [-0.2, 0) is 14.3 Å². The van der Waals surface area contributed by atoms with E-state index in [1.165, 1.54) is 14.0 Å². The summed E-state index contributed by atoms with van der Waals surface area (Å²) in [6.07, 6.45) is 4.01. The zero-order valence-corrected chi connectivity index (χ0v) is 14.3. The van der Waals surface area contributed by atoms with E-state index in [0.717, 1.165) is 31.2 Å². The molecule has 130 valence electrons. The Bertz CT molecular complexity index is 636. The van der Waals surface area contributed by atoms with Gasteiger partial charge in [0.25, 0.3) is 0 Å². The topological polar surface area (TPSA) is 84.5 Å². The first kappa shape index (κ1) is 18.0. The van der Waals surface area contributed by atoms with E-state index in [9.17, 15) is 14.4 Å². The van der Waals surface area contributed by atoms with Gasteiger partial charge in [-0.05, 0) is 43.4 Å². The largest absolute Gasteiger partial charge is 0.465 e. The number of aryl methyl sites for hydroxylation is 1. The Kier molecular flexibility index (Phi) is 5.95. The third-order valence-electron chi connectivity index (χ3n) is 4.43. The van der Waals surface area contributed by atoms with E-state index in [1.807, 2.05) is 6.92 Å². The minimum absolute atomic E-state index is 0.151. The van der Waals surface area contributed by atoms with E-state index >= 15 is 0 Å². The molecule has 1 unspecified atom stereocenters. The predicted octanol–water partition coefficient (Wildman–Crippen LogP) is 2.42. The van der Waals surface area contributed by atoms with Crippen LogP contribution in [0.15, 0.2) is 18.2 Å². The minimum atomic E-state index is -0.550. The maximum absolute atomic E-state index is 12.7. The second kappa shape index (κ2) is 7.95. The molecule has 1 aromatic rings. The molecule has 2 N–H and O–H groups in total. The van der Waals surface area contributed by atoms with Crippen LogP contribution in [0, 0.1) is 12.8 Å². The molecule has 6 heteroatoms. The number of carbonyl (C=O) groups excluding carboxylic acids is 3. The second-order valence-electron chi connectivity index (χ2n) is 6.23. The highest BCUT2D eigenvalue weighted by Crippen LogP contribution is 2.29. The first-order chi connectivity index (χ1) is 11.4. The summed E-state index contributed by atoms with van der Waals surface area (Å²) in [7, 11) is 1.31. The Morgan fingerprint density at radius 3 is 2.46 bits per heavy atom. The Morgan fingerprint density at radius 2 is 1.88 bits per heavy atom. The van der Waals surface area contributed by atoms with Crippen LogP contribution in [0.1, 0.15) is 48.5 Å². The summed E-state index contributed by atoms with van der Waals surface area (Å²) >= 11 is 0. The fraction of sp³-hybridized carbons (Fsp3) is 0.500. The van der Waals surface area contributed by atoms with Crippen molar-refractivity contribution in [1.82, 2.24) is 5.32 Å². The van der Waals surface area contributed by atoms with Crippen molar-refractivity contribution in [3.8, 4) is 0 Å². The van der Waals surface area contributed by atoms with Gasteiger partial charge in [0.15, 0.2) is 0 Å². The van der Waals surface area contributed by atoms with Crippen LogP contribution in [-0.4, -0.2) is 30.9 Å². The number of carbonyl (C=O) groups is 3. The monoisotopic (exact) mass is 332 g/mol. The molecule has 24 heavy (non-hydrogen) atoms. The van der Waals surface area contributed by atoms with Crippen LogP contribution >= 0.6 is 0 Å². The molecule has 0 aromatic heterocycles.